The Balaban J connectivity index is 1.58. The van der Waals surface area contributed by atoms with Crippen molar-refractivity contribution in [3.63, 3.8) is 0 Å². The Kier molecular flexibility index (Phi) is 6.82. The number of nitrogens with zero attached hydrogens (tertiary/aromatic N) is 1. The summed E-state index contributed by atoms with van der Waals surface area (Å²) in [5.74, 6) is 1.70. The predicted octanol–water partition coefficient (Wildman–Crippen LogP) is 3.07. The fourth-order valence-electron chi connectivity index (χ4n) is 3.26. The van der Waals surface area contributed by atoms with Crippen LogP contribution in [0.25, 0.3) is 0 Å². The Morgan fingerprint density at radius 3 is 2.50 bits per heavy atom. The van der Waals surface area contributed by atoms with Gasteiger partial charge in [-0.1, -0.05) is 0 Å². The van der Waals surface area contributed by atoms with E-state index in [2.05, 4.69) is 27.9 Å². The molecule has 1 N–H and O–H groups in total. The quantitative estimate of drug-likeness (QED) is 0.620. The molecule has 1 aliphatic heterocycles. The van der Waals surface area contributed by atoms with E-state index in [0.717, 1.165) is 9.33 Å². The molecule has 28 heavy (non-hydrogen) atoms. The second kappa shape index (κ2) is 9.31. The minimum atomic E-state index is -0.0940. The standard InChI is InChI=1S/C20H23IN2O5/c1-26-17-10-15(16(21)11-18(17)27-2)20(25)23-7-5-13(6-8-23)19(24)22-12-14-4-3-9-28-14/h3-4,9-11,13H,5-8,12H2,1-2H3,(H,22,24). The van der Waals surface area contributed by atoms with Gasteiger partial charge in [0.1, 0.15) is 5.76 Å². The average molecular weight is 498 g/mol. The highest BCUT2D eigenvalue weighted by Crippen LogP contribution is 2.32. The SMILES string of the molecule is COc1cc(I)c(C(=O)N2CCC(C(=O)NCc3ccco3)CC2)cc1OC. The first-order valence-corrected chi connectivity index (χ1v) is 10.1. The molecule has 2 heterocycles. The molecule has 1 aromatic carbocycles. The van der Waals surface area contributed by atoms with Crippen LogP contribution >= 0.6 is 22.6 Å². The van der Waals surface area contributed by atoms with Crippen LogP contribution in [0.2, 0.25) is 0 Å². The summed E-state index contributed by atoms with van der Waals surface area (Å²) >= 11 is 2.13. The molecule has 1 aliphatic rings. The van der Waals surface area contributed by atoms with E-state index in [-0.39, 0.29) is 17.7 Å². The second-order valence-electron chi connectivity index (χ2n) is 6.55. The third kappa shape index (κ3) is 4.60. The van der Waals surface area contributed by atoms with E-state index in [4.69, 9.17) is 13.9 Å². The van der Waals surface area contributed by atoms with Crippen molar-refractivity contribution in [3.05, 3.63) is 45.4 Å². The number of amides is 2. The van der Waals surface area contributed by atoms with Gasteiger partial charge >= 0.3 is 0 Å². The van der Waals surface area contributed by atoms with Crippen molar-refractivity contribution in [2.45, 2.75) is 19.4 Å². The summed E-state index contributed by atoms with van der Waals surface area (Å²) in [6.45, 7) is 1.47. The Morgan fingerprint density at radius 2 is 1.89 bits per heavy atom. The Labute approximate surface area is 177 Å². The van der Waals surface area contributed by atoms with Crippen LogP contribution in [0.4, 0.5) is 0 Å². The van der Waals surface area contributed by atoms with E-state index in [1.807, 2.05) is 6.07 Å². The molecular weight excluding hydrogens is 475 g/mol. The fraction of sp³-hybridized carbons (Fsp3) is 0.400. The van der Waals surface area contributed by atoms with Gasteiger partial charge in [-0.05, 0) is 59.7 Å². The largest absolute Gasteiger partial charge is 0.493 e. The molecule has 1 aromatic heterocycles. The molecule has 8 heteroatoms. The van der Waals surface area contributed by atoms with Gasteiger partial charge in [0.2, 0.25) is 5.91 Å². The number of hydrogen-bond acceptors (Lipinski definition) is 5. The van der Waals surface area contributed by atoms with Crippen molar-refractivity contribution in [2.24, 2.45) is 5.92 Å². The molecule has 0 radical (unpaired) electrons. The van der Waals surface area contributed by atoms with Crippen LogP contribution in [-0.2, 0) is 11.3 Å². The molecule has 2 aromatic rings. The van der Waals surface area contributed by atoms with Crippen LogP contribution in [0.15, 0.2) is 34.9 Å². The van der Waals surface area contributed by atoms with E-state index in [0.29, 0.717) is 49.5 Å². The monoisotopic (exact) mass is 498 g/mol. The van der Waals surface area contributed by atoms with Gasteiger partial charge in [-0.25, -0.2) is 0 Å². The van der Waals surface area contributed by atoms with Gasteiger partial charge in [-0.15, -0.1) is 0 Å². The van der Waals surface area contributed by atoms with Gasteiger partial charge < -0.3 is 24.1 Å². The Morgan fingerprint density at radius 1 is 1.21 bits per heavy atom. The fourth-order valence-corrected chi connectivity index (χ4v) is 3.93. The lowest BCUT2D eigenvalue weighted by Crippen LogP contribution is -2.43. The lowest BCUT2D eigenvalue weighted by molar-refractivity contribution is -0.126. The number of furan rings is 1. The minimum absolute atomic E-state index is 0.00389. The van der Waals surface area contributed by atoms with E-state index in [1.165, 1.54) is 0 Å². The van der Waals surface area contributed by atoms with Crippen molar-refractivity contribution < 1.29 is 23.5 Å². The second-order valence-corrected chi connectivity index (χ2v) is 7.71. The van der Waals surface area contributed by atoms with Crippen molar-refractivity contribution in [3.8, 4) is 11.5 Å². The molecule has 0 bridgehead atoms. The first kappa shape index (κ1) is 20.5. The molecule has 7 nitrogen and oxygen atoms in total. The summed E-state index contributed by atoms with van der Waals surface area (Å²) in [7, 11) is 3.11. The van der Waals surface area contributed by atoms with E-state index >= 15 is 0 Å². The lowest BCUT2D eigenvalue weighted by Gasteiger charge is -2.31. The normalized spacial score (nSPS) is 14.6. The molecule has 0 spiro atoms. The van der Waals surface area contributed by atoms with Gasteiger partial charge in [0.15, 0.2) is 11.5 Å². The number of carbonyl (C=O) groups excluding carboxylic acids is 2. The van der Waals surface area contributed by atoms with Crippen LogP contribution in [0.1, 0.15) is 29.0 Å². The third-order valence-corrected chi connectivity index (χ3v) is 5.77. The van der Waals surface area contributed by atoms with E-state index in [1.54, 1.807) is 43.6 Å². The Hall–Kier alpha value is -2.23. The number of rotatable bonds is 6. The summed E-state index contributed by atoms with van der Waals surface area (Å²) in [6.07, 6.45) is 2.86. The molecule has 150 valence electrons. The molecular formula is C20H23IN2O5. The summed E-state index contributed by atoms with van der Waals surface area (Å²) in [4.78, 5) is 27.1. The summed E-state index contributed by atoms with van der Waals surface area (Å²) in [5, 5.41) is 2.90. The molecule has 3 rings (SSSR count). The highest BCUT2D eigenvalue weighted by atomic mass is 127. The van der Waals surface area contributed by atoms with Crippen LogP contribution in [0.3, 0.4) is 0 Å². The number of hydrogen-bond donors (Lipinski definition) is 1. The highest BCUT2D eigenvalue weighted by Gasteiger charge is 2.29. The number of nitrogens with one attached hydrogen (secondary N) is 1. The Bertz CT molecular complexity index is 829. The number of benzene rings is 1. The zero-order valence-corrected chi connectivity index (χ0v) is 18.0. The van der Waals surface area contributed by atoms with Gasteiger partial charge in [-0.2, -0.15) is 0 Å². The van der Waals surface area contributed by atoms with E-state index < -0.39 is 0 Å². The van der Waals surface area contributed by atoms with Crippen molar-refractivity contribution in [2.75, 3.05) is 27.3 Å². The maximum atomic E-state index is 13.0. The number of carbonyl (C=O) groups is 2. The van der Waals surface area contributed by atoms with Crippen LogP contribution < -0.4 is 14.8 Å². The first-order chi connectivity index (χ1) is 13.5. The lowest BCUT2D eigenvalue weighted by atomic mass is 9.95. The maximum Gasteiger partial charge on any atom is 0.255 e. The van der Waals surface area contributed by atoms with Gasteiger partial charge in [0.05, 0.1) is 32.6 Å². The topological polar surface area (TPSA) is 81.0 Å². The van der Waals surface area contributed by atoms with Gasteiger partial charge in [0.25, 0.3) is 5.91 Å². The number of piperidine rings is 1. The number of halogens is 1. The molecule has 0 aliphatic carbocycles. The predicted molar refractivity (Wildman–Crippen MR) is 111 cm³/mol. The minimum Gasteiger partial charge on any atom is -0.493 e. The number of methoxy groups -OCH3 is 2. The van der Waals surface area contributed by atoms with Crippen LogP contribution in [-0.4, -0.2) is 44.0 Å². The summed E-state index contributed by atoms with van der Waals surface area (Å²) in [6, 6.07) is 7.12. The number of ether oxygens (including phenoxy) is 2. The third-order valence-electron chi connectivity index (χ3n) is 4.87. The highest BCUT2D eigenvalue weighted by molar-refractivity contribution is 14.1. The molecule has 0 atom stereocenters. The summed E-state index contributed by atoms with van der Waals surface area (Å²) in [5.41, 5.74) is 0.582. The smallest absolute Gasteiger partial charge is 0.255 e. The summed E-state index contributed by atoms with van der Waals surface area (Å²) < 4.78 is 16.6. The van der Waals surface area contributed by atoms with E-state index in [9.17, 15) is 9.59 Å². The van der Waals surface area contributed by atoms with Crippen molar-refractivity contribution in [1.82, 2.24) is 10.2 Å². The van der Waals surface area contributed by atoms with Crippen molar-refractivity contribution >= 4 is 34.4 Å². The average Bonchev–Trinajstić information content (AvgIpc) is 3.25. The van der Waals surface area contributed by atoms with Crippen LogP contribution in [0, 0.1) is 9.49 Å². The van der Waals surface area contributed by atoms with Gasteiger partial charge in [-0.3, -0.25) is 9.59 Å². The van der Waals surface area contributed by atoms with Gasteiger partial charge in [0, 0.05) is 22.6 Å². The molecule has 0 saturated carbocycles. The number of likely N-dealkylation sites (tertiary alicyclic amines) is 1. The van der Waals surface area contributed by atoms with Crippen molar-refractivity contribution in [1.29, 1.82) is 0 Å². The maximum absolute atomic E-state index is 13.0. The zero-order valence-electron chi connectivity index (χ0n) is 15.9. The molecule has 0 unspecified atom stereocenters. The zero-order chi connectivity index (χ0) is 20.1. The first-order valence-electron chi connectivity index (χ1n) is 9.04. The van der Waals surface area contributed by atoms with Crippen LogP contribution in [0.5, 0.6) is 11.5 Å². The molecule has 2 amide bonds. The molecule has 1 fully saturated rings. The molecule has 1 saturated heterocycles.